The number of hydrogen-bond donors (Lipinski definition) is 1. The van der Waals surface area contributed by atoms with E-state index in [2.05, 4.69) is 16.5 Å². The first-order chi connectivity index (χ1) is 7.09. The molecule has 82 valence electrons. The van der Waals surface area contributed by atoms with Crippen molar-refractivity contribution in [2.45, 2.75) is 32.4 Å². The van der Waals surface area contributed by atoms with Crippen LogP contribution in [0, 0.1) is 11.3 Å². The van der Waals surface area contributed by atoms with Gasteiger partial charge in [-0.2, -0.15) is 10.4 Å². The fraction of sp³-hybridized carbons (Fsp3) is 0.600. The molecular formula is C10H15ClN4. The number of aromatic nitrogens is 2. The molecule has 0 aliphatic rings. The van der Waals surface area contributed by atoms with E-state index in [4.69, 9.17) is 16.9 Å². The van der Waals surface area contributed by atoms with E-state index in [-0.39, 0.29) is 0 Å². The van der Waals surface area contributed by atoms with Gasteiger partial charge in [0, 0.05) is 12.7 Å². The van der Waals surface area contributed by atoms with Crippen LogP contribution >= 0.6 is 11.6 Å². The van der Waals surface area contributed by atoms with Gasteiger partial charge in [0.05, 0.1) is 17.3 Å². The molecule has 1 N–H and O–H groups in total. The highest BCUT2D eigenvalue weighted by Crippen LogP contribution is 2.11. The molecule has 0 aliphatic heterocycles. The Kier molecular flexibility index (Phi) is 4.13. The van der Waals surface area contributed by atoms with Crippen molar-refractivity contribution in [1.82, 2.24) is 15.1 Å². The molecule has 0 spiro atoms. The maximum atomic E-state index is 9.03. The van der Waals surface area contributed by atoms with Gasteiger partial charge in [-0.05, 0) is 19.9 Å². The monoisotopic (exact) mass is 226 g/mol. The summed E-state index contributed by atoms with van der Waals surface area (Å²) in [6.07, 6.45) is 4.05. The minimum atomic E-state index is -0.493. The highest BCUT2D eigenvalue weighted by Gasteiger charge is 2.21. The normalized spacial score (nSPS) is 14.5. The summed E-state index contributed by atoms with van der Waals surface area (Å²) in [5.41, 5.74) is -0.493. The highest BCUT2D eigenvalue weighted by atomic mass is 35.5. The third-order valence-corrected chi connectivity index (χ3v) is 2.45. The second kappa shape index (κ2) is 5.15. The van der Waals surface area contributed by atoms with Gasteiger partial charge in [0.1, 0.15) is 5.54 Å². The fourth-order valence-electron chi connectivity index (χ4n) is 1.37. The molecule has 0 fully saturated rings. The van der Waals surface area contributed by atoms with Crippen LogP contribution in [0.4, 0.5) is 0 Å². The average molecular weight is 227 g/mol. The van der Waals surface area contributed by atoms with E-state index < -0.39 is 5.54 Å². The number of rotatable bonds is 5. The maximum absolute atomic E-state index is 9.03. The van der Waals surface area contributed by atoms with Gasteiger partial charge < -0.3 is 0 Å². The van der Waals surface area contributed by atoms with Gasteiger partial charge in [0.25, 0.3) is 0 Å². The number of nitrogens with one attached hydrogen (secondary N) is 1. The van der Waals surface area contributed by atoms with Crippen LogP contribution in [0.2, 0.25) is 5.02 Å². The molecule has 1 aromatic heterocycles. The molecule has 0 amide bonds. The molecule has 1 rings (SSSR count). The van der Waals surface area contributed by atoms with Crippen molar-refractivity contribution >= 4 is 11.6 Å². The van der Waals surface area contributed by atoms with Crippen molar-refractivity contribution < 1.29 is 0 Å². The molecule has 0 bridgehead atoms. The molecule has 0 aliphatic carbocycles. The van der Waals surface area contributed by atoms with Crippen LogP contribution in [0.1, 0.15) is 20.3 Å². The molecular weight excluding hydrogens is 212 g/mol. The van der Waals surface area contributed by atoms with Crippen LogP contribution in [-0.2, 0) is 6.54 Å². The van der Waals surface area contributed by atoms with Crippen LogP contribution in [-0.4, -0.2) is 21.9 Å². The van der Waals surface area contributed by atoms with E-state index in [9.17, 15) is 0 Å². The molecule has 0 saturated heterocycles. The zero-order chi connectivity index (χ0) is 11.3. The van der Waals surface area contributed by atoms with E-state index in [0.717, 1.165) is 6.54 Å². The second-order valence-electron chi connectivity index (χ2n) is 3.65. The smallest absolute Gasteiger partial charge is 0.105 e. The van der Waals surface area contributed by atoms with Crippen molar-refractivity contribution in [3.05, 3.63) is 17.4 Å². The van der Waals surface area contributed by atoms with Gasteiger partial charge in [0.2, 0.25) is 0 Å². The lowest BCUT2D eigenvalue weighted by atomic mass is 10.00. The Hall–Kier alpha value is -1.05. The Morgan fingerprint density at radius 2 is 2.47 bits per heavy atom. The number of nitriles is 1. The second-order valence-corrected chi connectivity index (χ2v) is 4.08. The van der Waals surface area contributed by atoms with Crippen LogP contribution in [0.15, 0.2) is 12.4 Å². The minimum absolute atomic E-state index is 0.493. The third kappa shape index (κ3) is 3.54. The van der Waals surface area contributed by atoms with Gasteiger partial charge >= 0.3 is 0 Å². The molecule has 4 nitrogen and oxygen atoms in total. The average Bonchev–Trinajstić information content (AvgIpc) is 2.62. The van der Waals surface area contributed by atoms with E-state index in [0.29, 0.717) is 18.0 Å². The molecule has 1 heterocycles. The van der Waals surface area contributed by atoms with Crippen molar-refractivity contribution in [3.63, 3.8) is 0 Å². The molecule has 1 unspecified atom stereocenters. The van der Waals surface area contributed by atoms with Crippen LogP contribution in [0.25, 0.3) is 0 Å². The van der Waals surface area contributed by atoms with Crippen molar-refractivity contribution in [2.75, 3.05) is 6.54 Å². The lowest BCUT2D eigenvalue weighted by Crippen LogP contribution is -2.41. The van der Waals surface area contributed by atoms with Gasteiger partial charge in [0.15, 0.2) is 0 Å². The number of aryl methyl sites for hydroxylation is 1. The fourth-order valence-corrected chi connectivity index (χ4v) is 1.53. The molecule has 1 aromatic rings. The van der Waals surface area contributed by atoms with Gasteiger partial charge in [-0.25, -0.2) is 0 Å². The molecule has 0 radical (unpaired) electrons. The highest BCUT2D eigenvalue weighted by molar-refractivity contribution is 6.30. The Bertz CT molecular complexity index is 355. The summed E-state index contributed by atoms with van der Waals surface area (Å²) in [6.45, 7) is 5.34. The lowest BCUT2D eigenvalue weighted by molar-refractivity contribution is 0.390. The first kappa shape index (κ1) is 12.0. The molecule has 15 heavy (non-hydrogen) atoms. The quantitative estimate of drug-likeness (QED) is 0.833. The Morgan fingerprint density at radius 3 is 2.93 bits per heavy atom. The summed E-state index contributed by atoms with van der Waals surface area (Å²) in [4.78, 5) is 0. The summed E-state index contributed by atoms with van der Waals surface area (Å²) in [6, 6.07) is 2.27. The minimum Gasteiger partial charge on any atom is -0.300 e. The summed E-state index contributed by atoms with van der Waals surface area (Å²) >= 11 is 5.74. The van der Waals surface area contributed by atoms with Crippen molar-refractivity contribution in [1.29, 1.82) is 5.26 Å². The number of halogens is 1. The molecule has 1 atom stereocenters. The third-order valence-electron chi connectivity index (χ3n) is 2.26. The molecule has 0 saturated carbocycles. The summed E-state index contributed by atoms with van der Waals surface area (Å²) in [7, 11) is 0. The zero-order valence-corrected chi connectivity index (χ0v) is 9.75. The van der Waals surface area contributed by atoms with Crippen LogP contribution < -0.4 is 5.32 Å². The van der Waals surface area contributed by atoms with E-state index in [1.54, 1.807) is 17.1 Å². The SMILES string of the molecule is CCNC(C)(C#N)CCn1cc(Cl)cn1. The summed E-state index contributed by atoms with van der Waals surface area (Å²) in [5.74, 6) is 0. The zero-order valence-electron chi connectivity index (χ0n) is 9.00. The number of hydrogen-bond acceptors (Lipinski definition) is 3. The van der Waals surface area contributed by atoms with E-state index >= 15 is 0 Å². The lowest BCUT2D eigenvalue weighted by Gasteiger charge is -2.22. The topological polar surface area (TPSA) is 53.6 Å². The maximum Gasteiger partial charge on any atom is 0.105 e. The largest absolute Gasteiger partial charge is 0.300 e. The predicted octanol–water partition coefficient (Wildman–Crippen LogP) is 1.82. The van der Waals surface area contributed by atoms with E-state index in [1.165, 1.54) is 0 Å². The van der Waals surface area contributed by atoms with Crippen molar-refractivity contribution in [3.8, 4) is 6.07 Å². The molecule has 0 aromatic carbocycles. The first-order valence-electron chi connectivity index (χ1n) is 4.94. The standard InChI is InChI=1S/C10H15ClN4/c1-3-13-10(2,8-12)4-5-15-7-9(11)6-14-15/h6-7,13H,3-5H2,1-2H3. The molecule has 5 heteroatoms. The first-order valence-corrected chi connectivity index (χ1v) is 5.31. The number of nitrogens with zero attached hydrogens (tertiary/aromatic N) is 3. The van der Waals surface area contributed by atoms with Crippen LogP contribution in [0.5, 0.6) is 0 Å². The summed E-state index contributed by atoms with van der Waals surface area (Å²) < 4.78 is 1.75. The van der Waals surface area contributed by atoms with Crippen molar-refractivity contribution in [2.24, 2.45) is 0 Å². The van der Waals surface area contributed by atoms with Gasteiger partial charge in [-0.3, -0.25) is 10.00 Å². The predicted molar refractivity (Wildman–Crippen MR) is 59.5 cm³/mol. The van der Waals surface area contributed by atoms with Crippen LogP contribution in [0.3, 0.4) is 0 Å². The Labute approximate surface area is 94.8 Å². The van der Waals surface area contributed by atoms with Gasteiger partial charge in [-0.15, -0.1) is 0 Å². The Morgan fingerprint density at radius 1 is 1.73 bits per heavy atom. The Balaban J connectivity index is 2.51. The van der Waals surface area contributed by atoms with Gasteiger partial charge in [-0.1, -0.05) is 18.5 Å². The summed E-state index contributed by atoms with van der Waals surface area (Å²) in [5, 5.41) is 16.9. The van der Waals surface area contributed by atoms with E-state index in [1.807, 2.05) is 13.8 Å².